The average Bonchev–Trinajstić information content (AvgIpc) is 2.53. The van der Waals surface area contributed by atoms with Crippen molar-refractivity contribution < 1.29 is 14.6 Å². The van der Waals surface area contributed by atoms with Crippen LogP contribution in [0.25, 0.3) is 11.1 Å². The first-order chi connectivity index (χ1) is 10.1. The molecular formula is C14H14N4O3. The molecule has 0 aliphatic carbocycles. The summed E-state index contributed by atoms with van der Waals surface area (Å²) in [5, 5.41) is 8.83. The summed E-state index contributed by atoms with van der Waals surface area (Å²) in [6.07, 6.45) is 3.36. The molecule has 0 radical (unpaired) electrons. The van der Waals surface area contributed by atoms with Gasteiger partial charge in [-0.05, 0) is 35.4 Å². The second kappa shape index (κ2) is 6.40. The van der Waals surface area contributed by atoms with Gasteiger partial charge in [0, 0.05) is 12.4 Å². The molecule has 6 N–H and O–H groups in total. The molecule has 0 atom stereocenters. The second-order valence-corrected chi connectivity index (χ2v) is 4.06. The van der Waals surface area contributed by atoms with Crippen molar-refractivity contribution in [3.05, 3.63) is 60.4 Å². The Kier molecular flexibility index (Phi) is 4.37. The lowest BCUT2D eigenvalue weighted by atomic mass is 10.1. The maximum Gasteiger partial charge on any atom is 0.357 e. The number of nitrogens with zero attached hydrogens (tertiary/aromatic N) is 1. The zero-order chi connectivity index (χ0) is 15.2. The summed E-state index contributed by atoms with van der Waals surface area (Å²) in [4.78, 5) is 14.8. The number of nitrogens with one attached hydrogen (secondary N) is 1. The molecule has 0 unspecified atom stereocenters. The molecule has 1 aromatic heterocycles. The van der Waals surface area contributed by atoms with Gasteiger partial charge in [-0.15, -0.1) is 0 Å². The van der Waals surface area contributed by atoms with Crippen molar-refractivity contribution in [2.75, 3.05) is 0 Å². The van der Waals surface area contributed by atoms with Gasteiger partial charge in [0.15, 0.2) is 5.70 Å². The second-order valence-electron chi connectivity index (χ2n) is 4.06. The molecule has 2 aromatic rings. The lowest BCUT2D eigenvalue weighted by molar-refractivity contribution is -0.132. The SMILES string of the molecule is NN/C(Oc1cccc(-c2ccncc2)c1)=C(\N)C(=O)O. The first kappa shape index (κ1) is 14.4. The van der Waals surface area contributed by atoms with E-state index in [1.807, 2.05) is 18.2 Å². The van der Waals surface area contributed by atoms with Crippen LogP contribution in [0.3, 0.4) is 0 Å². The van der Waals surface area contributed by atoms with E-state index in [0.717, 1.165) is 11.1 Å². The Balaban J connectivity index is 2.30. The van der Waals surface area contributed by atoms with Gasteiger partial charge in [0.1, 0.15) is 5.75 Å². The first-order valence-electron chi connectivity index (χ1n) is 6.00. The number of hydrogen-bond donors (Lipinski definition) is 4. The number of carboxylic acids is 1. The molecule has 0 aliphatic rings. The maximum atomic E-state index is 10.8. The lowest BCUT2D eigenvalue weighted by Gasteiger charge is -2.11. The zero-order valence-electron chi connectivity index (χ0n) is 11.0. The Hall–Kier alpha value is -3.06. The highest BCUT2D eigenvalue weighted by atomic mass is 16.5. The molecule has 0 bridgehead atoms. The average molecular weight is 286 g/mol. The molecule has 108 valence electrons. The minimum Gasteiger partial charge on any atom is -0.476 e. The highest BCUT2D eigenvalue weighted by molar-refractivity contribution is 5.85. The van der Waals surface area contributed by atoms with Crippen molar-refractivity contribution >= 4 is 5.97 Å². The predicted molar refractivity (Wildman–Crippen MR) is 76.5 cm³/mol. The Bertz CT molecular complexity index is 671. The summed E-state index contributed by atoms with van der Waals surface area (Å²) in [6, 6.07) is 10.8. The van der Waals surface area contributed by atoms with Crippen LogP contribution in [-0.2, 0) is 4.79 Å². The molecule has 0 aliphatic heterocycles. The van der Waals surface area contributed by atoms with Gasteiger partial charge in [-0.2, -0.15) is 0 Å². The summed E-state index contributed by atoms with van der Waals surface area (Å²) in [6.45, 7) is 0. The summed E-state index contributed by atoms with van der Waals surface area (Å²) < 4.78 is 5.37. The third kappa shape index (κ3) is 3.48. The van der Waals surface area contributed by atoms with Crippen LogP contribution >= 0.6 is 0 Å². The standard InChI is InChI=1S/C14H14N4O3/c15-12(14(19)20)13(18-16)21-11-3-1-2-10(8-11)9-4-6-17-7-5-9/h1-8,18H,15-16H2,(H,19,20)/b13-12+. The molecule has 0 spiro atoms. The minimum absolute atomic E-state index is 0.227. The van der Waals surface area contributed by atoms with E-state index in [9.17, 15) is 4.79 Å². The Morgan fingerprint density at radius 1 is 1.19 bits per heavy atom. The zero-order valence-corrected chi connectivity index (χ0v) is 11.0. The fourth-order valence-electron chi connectivity index (χ4n) is 1.66. The molecule has 0 fully saturated rings. The quantitative estimate of drug-likeness (QED) is 0.277. The van der Waals surface area contributed by atoms with E-state index in [-0.39, 0.29) is 5.88 Å². The topological polar surface area (TPSA) is 123 Å². The van der Waals surface area contributed by atoms with Crippen molar-refractivity contribution in [2.24, 2.45) is 11.6 Å². The summed E-state index contributed by atoms with van der Waals surface area (Å²) in [5.41, 5.74) is 8.84. The largest absolute Gasteiger partial charge is 0.476 e. The number of carbonyl (C=O) groups is 1. The Labute approximate surface area is 120 Å². The van der Waals surface area contributed by atoms with Crippen LogP contribution in [0.4, 0.5) is 0 Å². The number of ether oxygens (including phenoxy) is 1. The molecule has 7 nitrogen and oxygen atoms in total. The molecule has 2 rings (SSSR count). The highest BCUT2D eigenvalue weighted by Gasteiger charge is 2.12. The third-order valence-electron chi connectivity index (χ3n) is 2.67. The normalized spacial score (nSPS) is 11.5. The van der Waals surface area contributed by atoms with Crippen molar-refractivity contribution in [3.63, 3.8) is 0 Å². The van der Waals surface area contributed by atoms with Crippen molar-refractivity contribution in [1.29, 1.82) is 0 Å². The van der Waals surface area contributed by atoms with E-state index in [0.29, 0.717) is 5.75 Å². The van der Waals surface area contributed by atoms with Crippen LogP contribution in [0.2, 0.25) is 0 Å². The third-order valence-corrected chi connectivity index (χ3v) is 2.67. The Morgan fingerprint density at radius 2 is 1.90 bits per heavy atom. The van der Waals surface area contributed by atoms with E-state index in [2.05, 4.69) is 10.4 Å². The first-order valence-corrected chi connectivity index (χ1v) is 6.00. The predicted octanol–water partition coefficient (Wildman–Crippen LogP) is 0.803. The highest BCUT2D eigenvalue weighted by Crippen LogP contribution is 2.24. The number of carboxylic acid groups (broad SMARTS) is 1. The fourth-order valence-corrected chi connectivity index (χ4v) is 1.66. The van der Waals surface area contributed by atoms with Gasteiger partial charge in [0.2, 0.25) is 5.88 Å². The molecular weight excluding hydrogens is 272 g/mol. The minimum atomic E-state index is -1.33. The molecule has 1 aromatic carbocycles. The van der Waals surface area contributed by atoms with E-state index in [4.69, 9.17) is 21.4 Å². The number of rotatable bonds is 5. The number of aromatic nitrogens is 1. The van der Waals surface area contributed by atoms with Gasteiger partial charge in [-0.25, -0.2) is 10.6 Å². The summed E-state index contributed by atoms with van der Waals surface area (Å²) >= 11 is 0. The van der Waals surface area contributed by atoms with E-state index < -0.39 is 11.7 Å². The van der Waals surface area contributed by atoms with Crippen LogP contribution in [0.15, 0.2) is 60.4 Å². The van der Waals surface area contributed by atoms with Crippen molar-refractivity contribution in [3.8, 4) is 16.9 Å². The summed E-state index contributed by atoms with van der Waals surface area (Å²) in [5.74, 6) is 4.08. The van der Waals surface area contributed by atoms with E-state index >= 15 is 0 Å². The van der Waals surface area contributed by atoms with Crippen LogP contribution in [-0.4, -0.2) is 16.1 Å². The maximum absolute atomic E-state index is 10.8. The lowest BCUT2D eigenvalue weighted by Crippen LogP contribution is -2.31. The number of pyridine rings is 1. The monoisotopic (exact) mass is 286 g/mol. The number of hydrogen-bond acceptors (Lipinski definition) is 6. The van der Waals surface area contributed by atoms with Gasteiger partial charge >= 0.3 is 5.97 Å². The van der Waals surface area contributed by atoms with Crippen LogP contribution in [0.5, 0.6) is 5.75 Å². The Morgan fingerprint density at radius 3 is 2.52 bits per heavy atom. The van der Waals surface area contributed by atoms with E-state index in [1.165, 1.54) is 0 Å². The molecule has 0 saturated carbocycles. The van der Waals surface area contributed by atoms with Gasteiger partial charge in [0.05, 0.1) is 0 Å². The fraction of sp³-hybridized carbons (Fsp3) is 0. The van der Waals surface area contributed by atoms with Gasteiger partial charge in [0.25, 0.3) is 0 Å². The molecule has 21 heavy (non-hydrogen) atoms. The molecule has 7 heteroatoms. The van der Waals surface area contributed by atoms with Crippen LogP contribution < -0.4 is 21.7 Å². The molecule has 0 saturated heterocycles. The summed E-state index contributed by atoms with van der Waals surface area (Å²) in [7, 11) is 0. The van der Waals surface area contributed by atoms with Crippen LogP contribution in [0.1, 0.15) is 0 Å². The number of aliphatic carboxylic acids is 1. The smallest absolute Gasteiger partial charge is 0.357 e. The van der Waals surface area contributed by atoms with Gasteiger partial charge in [-0.1, -0.05) is 12.1 Å². The van der Waals surface area contributed by atoms with Crippen LogP contribution in [0, 0.1) is 0 Å². The van der Waals surface area contributed by atoms with E-state index in [1.54, 1.807) is 30.6 Å². The van der Waals surface area contributed by atoms with Crippen molar-refractivity contribution in [1.82, 2.24) is 10.4 Å². The molecule has 1 heterocycles. The number of hydrazine groups is 1. The van der Waals surface area contributed by atoms with Gasteiger partial charge < -0.3 is 15.6 Å². The van der Waals surface area contributed by atoms with Gasteiger partial charge in [-0.3, -0.25) is 10.4 Å². The number of nitrogens with two attached hydrogens (primary N) is 2. The molecule has 0 amide bonds. The van der Waals surface area contributed by atoms with Crippen molar-refractivity contribution in [2.45, 2.75) is 0 Å². The number of benzene rings is 1.